The molecule has 9 heterocycles. The summed E-state index contributed by atoms with van der Waals surface area (Å²) in [6.45, 7) is 13.0. The Balaban J connectivity index is 0.000000385. The topological polar surface area (TPSA) is 252 Å². The number of ether oxygens (including phenoxy) is 1. The minimum atomic E-state index is -1.46. The second-order valence-electron chi connectivity index (χ2n) is 17.4. The lowest BCUT2D eigenvalue weighted by molar-refractivity contribution is 0.00836. The molecule has 1 aliphatic heterocycles. The monoisotopic (exact) mass is 1050 g/mol. The third-order valence-corrected chi connectivity index (χ3v) is 12.5. The van der Waals surface area contributed by atoms with Gasteiger partial charge in [0.05, 0.1) is 31.6 Å². The highest BCUT2D eigenvalue weighted by atomic mass is 19.1. The molecule has 2 amide bonds. The summed E-state index contributed by atoms with van der Waals surface area (Å²) >= 11 is 0. The second kappa shape index (κ2) is 23.4. The van der Waals surface area contributed by atoms with Gasteiger partial charge in [0.25, 0.3) is 11.8 Å². The summed E-state index contributed by atoms with van der Waals surface area (Å²) in [5.41, 5.74) is 9.02. The number of rotatable bonds is 12. The van der Waals surface area contributed by atoms with Gasteiger partial charge < -0.3 is 36.0 Å². The Hall–Kier alpha value is -9.50. The fraction of sp³-hybridized carbons (Fsp3) is 0.214. The Kier molecular flexibility index (Phi) is 15.9. The average molecular weight is 1050 g/mol. The van der Waals surface area contributed by atoms with Crippen molar-refractivity contribution in [1.82, 2.24) is 59.8 Å². The number of carbonyl (C=O) groups excluding carboxylic acids is 2. The van der Waals surface area contributed by atoms with E-state index in [1.807, 2.05) is 83.1 Å². The normalized spacial score (nSPS) is 13.1. The van der Waals surface area contributed by atoms with Crippen LogP contribution in [0.1, 0.15) is 98.2 Å². The maximum Gasteiger partial charge on any atom is 0.274 e. The van der Waals surface area contributed by atoms with Crippen LogP contribution in [-0.4, -0.2) is 84.8 Å². The second-order valence-corrected chi connectivity index (χ2v) is 17.4. The van der Waals surface area contributed by atoms with Gasteiger partial charge in [-0.15, -0.1) is 0 Å². The number of halogens is 2. The van der Waals surface area contributed by atoms with Crippen LogP contribution in [0.2, 0.25) is 0 Å². The zero-order valence-corrected chi connectivity index (χ0v) is 43.0. The number of hydrogen-bond acceptors (Lipinski definition) is 15. The van der Waals surface area contributed by atoms with Crippen LogP contribution in [-0.2, 0) is 10.4 Å². The van der Waals surface area contributed by atoms with Crippen LogP contribution in [0.3, 0.4) is 0 Å². The molecule has 2 fully saturated rings. The molecule has 402 valence electrons. The van der Waals surface area contributed by atoms with Gasteiger partial charge in [0.2, 0.25) is 0 Å². The van der Waals surface area contributed by atoms with E-state index in [0.717, 1.165) is 27.9 Å². The molecule has 1 aliphatic carbocycles. The number of aryl methyl sites for hydroxylation is 1. The fourth-order valence-electron chi connectivity index (χ4n) is 8.14. The molecular weight excluding hydrogens is 983 g/mol. The molecule has 0 unspecified atom stereocenters. The van der Waals surface area contributed by atoms with Crippen molar-refractivity contribution in [2.75, 3.05) is 34.5 Å². The van der Waals surface area contributed by atoms with E-state index in [-0.39, 0.29) is 31.4 Å². The molecule has 21 heteroatoms. The number of carbonyl (C=O) groups is 2. The maximum absolute atomic E-state index is 14.9. The molecule has 8 aromatic heterocycles. The van der Waals surface area contributed by atoms with Gasteiger partial charge in [0, 0.05) is 84.3 Å². The maximum atomic E-state index is 14.9. The zero-order valence-electron chi connectivity index (χ0n) is 43.0. The predicted octanol–water partition coefficient (Wildman–Crippen LogP) is 13.0. The van der Waals surface area contributed by atoms with Gasteiger partial charge in [-0.25, -0.2) is 48.7 Å². The van der Waals surface area contributed by atoms with Crippen molar-refractivity contribution >= 4 is 68.5 Å². The first-order valence-corrected chi connectivity index (χ1v) is 25.0. The van der Waals surface area contributed by atoms with Gasteiger partial charge in [-0.05, 0) is 111 Å². The lowest BCUT2D eigenvalue weighted by Crippen LogP contribution is -2.25. The van der Waals surface area contributed by atoms with E-state index in [9.17, 15) is 18.4 Å². The highest BCUT2D eigenvalue weighted by molar-refractivity contribution is 6.05. The van der Waals surface area contributed by atoms with Crippen LogP contribution in [0.15, 0.2) is 129 Å². The number of pyridine rings is 4. The molecule has 0 spiro atoms. The van der Waals surface area contributed by atoms with Crippen molar-refractivity contribution in [3.63, 3.8) is 0 Å². The van der Waals surface area contributed by atoms with Crippen LogP contribution in [0.5, 0.6) is 0 Å². The first kappa shape index (κ1) is 52.4. The summed E-state index contributed by atoms with van der Waals surface area (Å²) in [4.78, 5) is 74.8. The number of anilines is 6. The number of amides is 2. The van der Waals surface area contributed by atoms with E-state index < -0.39 is 17.4 Å². The fourth-order valence-corrected chi connectivity index (χ4v) is 8.14. The first-order chi connectivity index (χ1) is 37.6. The molecule has 1 saturated heterocycles. The number of benzene rings is 2. The molecule has 77 heavy (non-hydrogen) atoms. The number of nitrogens with one attached hydrogen (secondary N) is 6. The smallest absolute Gasteiger partial charge is 0.274 e. The Labute approximate surface area is 450 Å². The SMILES string of the molecule is CC.CC.Cc1c(F)cc(NC(=O)c2ccnc(C3(F)CC3)c2)cc1Nc1ncccc1-c1ncnc2nc[nH]c12.Cc1ccc(NC(=O)c2cc(C3COC3)ccn2)cc1Nc1ncccc1-c1ncnc2nc[nH]c12.[HH].[HH].[HH].[HH].[HH].[HH]. The molecule has 6 N–H and O–H groups in total. The molecule has 1 saturated carbocycles. The lowest BCUT2D eigenvalue weighted by atomic mass is 9.98. The van der Waals surface area contributed by atoms with Crippen LogP contribution >= 0.6 is 0 Å². The summed E-state index contributed by atoms with van der Waals surface area (Å²) in [6.07, 6.45) is 13.2. The quantitative estimate of drug-likeness (QED) is 0.0665. The zero-order chi connectivity index (χ0) is 54.1. The summed E-state index contributed by atoms with van der Waals surface area (Å²) in [5.74, 6) is 0.0821. The van der Waals surface area contributed by atoms with Crippen molar-refractivity contribution in [3.8, 4) is 22.5 Å². The molecular formula is C56H66F2N16O3. The molecule has 2 aromatic carbocycles. The Morgan fingerprint density at radius 3 is 1.84 bits per heavy atom. The number of aromatic nitrogens is 12. The minimum absolute atomic E-state index is 0. The van der Waals surface area contributed by atoms with Crippen molar-refractivity contribution in [2.24, 2.45) is 0 Å². The Morgan fingerprint density at radius 1 is 0.636 bits per heavy atom. The lowest BCUT2D eigenvalue weighted by Gasteiger charge is -2.26. The molecule has 12 rings (SSSR count). The summed E-state index contributed by atoms with van der Waals surface area (Å²) in [6, 6.07) is 22.6. The Bertz CT molecular complexity index is 3760. The van der Waals surface area contributed by atoms with Gasteiger partial charge in [-0.3, -0.25) is 19.6 Å². The number of nitrogens with zero attached hydrogens (tertiary/aromatic N) is 10. The van der Waals surface area contributed by atoms with Crippen LogP contribution in [0.25, 0.3) is 44.8 Å². The summed E-state index contributed by atoms with van der Waals surface area (Å²) < 4.78 is 34.6. The third-order valence-electron chi connectivity index (χ3n) is 12.5. The summed E-state index contributed by atoms with van der Waals surface area (Å²) in [7, 11) is 0. The van der Waals surface area contributed by atoms with Gasteiger partial charge in [0.15, 0.2) is 17.0 Å². The first-order valence-electron chi connectivity index (χ1n) is 25.0. The van der Waals surface area contributed by atoms with Crippen LogP contribution in [0, 0.1) is 19.7 Å². The number of H-pyrrole nitrogens is 2. The van der Waals surface area contributed by atoms with Crippen molar-refractivity contribution in [2.45, 2.75) is 66.0 Å². The van der Waals surface area contributed by atoms with Crippen molar-refractivity contribution < 1.29 is 31.7 Å². The van der Waals surface area contributed by atoms with E-state index in [2.05, 4.69) is 81.1 Å². The van der Waals surface area contributed by atoms with Crippen molar-refractivity contribution in [1.29, 1.82) is 0 Å². The molecule has 10 aromatic rings. The van der Waals surface area contributed by atoms with Gasteiger partial charge >= 0.3 is 0 Å². The number of aromatic amines is 2. The van der Waals surface area contributed by atoms with Crippen LogP contribution in [0.4, 0.5) is 43.2 Å². The highest BCUT2D eigenvalue weighted by Gasteiger charge is 2.46. The van der Waals surface area contributed by atoms with Gasteiger partial charge in [0.1, 0.15) is 58.2 Å². The van der Waals surface area contributed by atoms with E-state index in [1.165, 1.54) is 43.4 Å². The van der Waals surface area contributed by atoms with Gasteiger partial charge in [-0.2, -0.15) is 0 Å². The third kappa shape index (κ3) is 11.6. The number of hydrogen-bond donors (Lipinski definition) is 6. The minimum Gasteiger partial charge on any atom is -0.380 e. The molecule has 0 bridgehead atoms. The van der Waals surface area contributed by atoms with E-state index in [1.54, 1.807) is 44.0 Å². The number of alkyl halides is 1. The van der Waals surface area contributed by atoms with Gasteiger partial charge in [-0.1, -0.05) is 33.8 Å². The molecule has 2 aliphatic rings. The van der Waals surface area contributed by atoms with E-state index >= 15 is 0 Å². The van der Waals surface area contributed by atoms with Crippen molar-refractivity contribution in [3.05, 3.63) is 168 Å². The molecule has 19 nitrogen and oxygen atoms in total. The average Bonchev–Trinajstić information content (AvgIpc) is 4.07. The summed E-state index contributed by atoms with van der Waals surface area (Å²) in [5, 5.41) is 12.2. The Morgan fingerprint density at radius 2 is 1.23 bits per heavy atom. The largest absolute Gasteiger partial charge is 0.380 e. The highest BCUT2D eigenvalue weighted by Crippen LogP contribution is 2.48. The predicted molar refractivity (Wildman–Crippen MR) is 304 cm³/mol. The number of imidazole rings is 2. The van der Waals surface area contributed by atoms with Crippen LogP contribution < -0.4 is 21.3 Å². The standard InChI is InChI=1S/C26H20F2N8O.C26H22N8O2.2C2H6.6H2/c1-14-18(27)10-16(35-25(37)15-4-8-29-20(9-15)26(28)5-6-26)11-19(14)36-23-17(3-2-7-30-23)21-22-24(33-12-31-21)34-13-32-22;1-15-4-5-18(33-26(35)21-9-16(6-8-27-21)17-11-36-12-17)10-20(15)34-24-19(3-2-7-28-24)22-23-25(31-13-29-22)32-14-30-23;2*1-2;;;;;;/h2-4,7-13H,5-6H2,1H3,(H,30,36)(H,35,37)(H,31,32,33,34);2-10,13-14,17H,11-12H2,1H3,(H,28,34)(H,33,35)(H,29,30,31,32);2*1-2H3;6*1H. The van der Waals surface area contributed by atoms with E-state index in [4.69, 9.17) is 4.74 Å². The molecule has 0 radical (unpaired) electrons. The van der Waals surface area contributed by atoms with E-state index in [0.29, 0.717) is 100 Å². The molecule has 0 atom stereocenters. The number of fused-ring (bicyclic) bond motifs is 2.